The van der Waals surface area contributed by atoms with Crippen LogP contribution in [-0.2, 0) is 16.1 Å². The van der Waals surface area contributed by atoms with E-state index in [2.05, 4.69) is 5.32 Å². The monoisotopic (exact) mass is 265 g/mol. The molecule has 0 saturated heterocycles. The molecule has 0 aliphatic heterocycles. The first-order valence-corrected chi connectivity index (χ1v) is 5.93. The highest BCUT2D eigenvalue weighted by atomic mass is 16.5. The highest BCUT2D eigenvalue weighted by Gasteiger charge is 2.13. The summed E-state index contributed by atoms with van der Waals surface area (Å²) < 4.78 is 5.42. The van der Waals surface area contributed by atoms with Crippen molar-refractivity contribution in [2.45, 2.75) is 6.54 Å². The quantitative estimate of drug-likeness (QED) is 0.741. The molecule has 0 atom stereocenters. The molecule has 0 aliphatic carbocycles. The number of benzene rings is 1. The number of ether oxygens (including phenoxy) is 1. The molecule has 0 spiro atoms. The van der Waals surface area contributed by atoms with Gasteiger partial charge in [0.15, 0.2) is 6.61 Å². The number of amides is 2. The number of hydrogen-bond acceptors (Lipinski definition) is 4. The first-order chi connectivity index (χ1) is 9.08. The lowest BCUT2D eigenvalue weighted by Gasteiger charge is -2.17. The Hall–Kier alpha value is -2.08. The summed E-state index contributed by atoms with van der Waals surface area (Å²) in [5, 5.41) is 2.45. The Kier molecular flexibility index (Phi) is 5.81. The third-order valence-corrected chi connectivity index (χ3v) is 2.63. The molecule has 3 N–H and O–H groups in total. The van der Waals surface area contributed by atoms with Gasteiger partial charge in [-0.1, -0.05) is 18.2 Å². The van der Waals surface area contributed by atoms with Gasteiger partial charge >= 0.3 is 0 Å². The van der Waals surface area contributed by atoms with Gasteiger partial charge < -0.3 is 20.7 Å². The van der Waals surface area contributed by atoms with E-state index < -0.39 is 0 Å². The van der Waals surface area contributed by atoms with Gasteiger partial charge in [0.2, 0.25) is 5.91 Å². The molecule has 0 bridgehead atoms. The summed E-state index contributed by atoms with van der Waals surface area (Å²) in [6.45, 7) is 0.236. The van der Waals surface area contributed by atoms with Crippen LogP contribution < -0.4 is 15.8 Å². The number of carbonyl (C=O) groups is 2. The maximum absolute atomic E-state index is 11.8. The summed E-state index contributed by atoms with van der Waals surface area (Å²) in [6, 6.07) is 7.27. The summed E-state index contributed by atoms with van der Waals surface area (Å²) in [6.07, 6.45) is 0. The number of hydrogen-bond donors (Lipinski definition) is 2. The highest BCUT2D eigenvalue weighted by molar-refractivity contribution is 5.85. The minimum Gasteiger partial charge on any atom is -0.483 e. The molecule has 6 nitrogen and oxygen atoms in total. The number of carbonyl (C=O) groups excluding carboxylic acids is 2. The normalized spacial score (nSPS) is 9.84. The lowest BCUT2D eigenvalue weighted by molar-refractivity contribution is -0.136. The molecule has 0 radical (unpaired) electrons. The molecule has 6 heteroatoms. The fourth-order valence-electron chi connectivity index (χ4n) is 1.45. The van der Waals surface area contributed by atoms with Crippen LogP contribution in [0.15, 0.2) is 24.3 Å². The van der Waals surface area contributed by atoms with Crippen molar-refractivity contribution >= 4 is 11.8 Å². The summed E-state index contributed by atoms with van der Waals surface area (Å²) in [7, 11) is 3.07. The standard InChI is InChI=1S/C13H19N3O3/c1-15-12(17)8-16(2)13(18)9-19-11-6-4-3-5-10(11)7-14/h3-6H,7-9,14H2,1-2H3,(H,15,17). The Morgan fingerprint density at radius 2 is 2.05 bits per heavy atom. The van der Waals surface area contributed by atoms with Crippen LogP contribution in [0.4, 0.5) is 0 Å². The second-order valence-corrected chi connectivity index (χ2v) is 4.02. The summed E-state index contributed by atoms with van der Waals surface area (Å²) in [4.78, 5) is 24.2. The van der Waals surface area contributed by atoms with Crippen LogP contribution in [0.25, 0.3) is 0 Å². The predicted octanol–water partition coefficient (Wildman–Crippen LogP) is -0.271. The zero-order chi connectivity index (χ0) is 14.3. The summed E-state index contributed by atoms with van der Waals surface area (Å²) >= 11 is 0. The minimum atomic E-state index is -0.268. The fourth-order valence-corrected chi connectivity index (χ4v) is 1.45. The molecule has 104 valence electrons. The van der Waals surface area contributed by atoms with Gasteiger partial charge in [0, 0.05) is 26.2 Å². The topological polar surface area (TPSA) is 84.7 Å². The van der Waals surface area contributed by atoms with Crippen LogP contribution in [-0.4, -0.2) is 44.0 Å². The van der Waals surface area contributed by atoms with Crippen molar-refractivity contribution in [3.8, 4) is 5.75 Å². The van der Waals surface area contributed by atoms with E-state index in [0.29, 0.717) is 12.3 Å². The molecule has 0 unspecified atom stereocenters. The number of para-hydroxylation sites is 1. The van der Waals surface area contributed by atoms with Gasteiger partial charge in [-0.05, 0) is 6.07 Å². The maximum Gasteiger partial charge on any atom is 0.260 e. The average Bonchev–Trinajstić information content (AvgIpc) is 2.44. The number of nitrogens with one attached hydrogen (secondary N) is 1. The minimum absolute atomic E-state index is 0.0111. The lowest BCUT2D eigenvalue weighted by Crippen LogP contribution is -2.39. The second kappa shape index (κ2) is 7.38. The predicted molar refractivity (Wildman–Crippen MR) is 71.5 cm³/mol. The van der Waals surface area contributed by atoms with Gasteiger partial charge in [-0.15, -0.1) is 0 Å². The molecule has 19 heavy (non-hydrogen) atoms. The van der Waals surface area contributed by atoms with Crippen LogP contribution in [0, 0.1) is 0 Å². The zero-order valence-electron chi connectivity index (χ0n) is 11.2. The molecule has 0 aliphatic rings. The first kappa shape index (κ1) is 15.0. The van der Waals surface area contributed by atoms with E-state index in [0.717, 1.165) is 5.56 Å². The van der Waals surface area contributed by atoms with Gasteiger partial charge in [0.25, 0.3) is 5.91 Å². The number of rotatable bonds is 6. The van der Waals surface area contributed by atoms with Gasteiger partial charge in [-0.2, -0.15) is 0 Å². The highest BCUT2D eigenvalue weighted by Crippen LogP contribution is 2.16. The van der Waals surface area contributed by atoms with Crippen molar-refractivity contribution in [3.05, 3.63) is 29.8 Å². The van der Waals surface area contributed by atoms with Crippen molar-refractivity contribution in [1.82, 2.24) is 10.2 Å². The van der Waals surface area contributed by atoms with Crippen LogP contribution in [0.5, 0.6) is 5.75 Å². The van der Waals surface area contributed by atoms with Crippen molar-refractivity contribution in [2.75, 3.05) is 27.2 Å². The second-order valence-electron chi connectivity index (χ2n) is 4.02. The van der Waals surface area contributed by atoms with E-state index in [1.54, 1.807) is 13.1 Å². The van der Waals surface area contributed by atoms with Crippen LogP contribution in [0.1, 0.15) is 5.56 Å². The molecular weight excluding hydrogens is 246 g/mol. The van der Waals surface area contributed by atoms with Crippen LogP contribution in [0.2, 0.25) is 0 Å². The third kappa shape index (κ3) is 4.59. The summed E-state index contributed by atoms with van der Waals surface area (Å²) in [5.41, 5.74) is 6.41. The number of nitrogens with zero attached hydrogens (tertiary/aromatic N) is 1. The largest absolute Gasteiger partial charge is 0.483 e. The van der Waals surface area contributed by atoms with E-state index in [4.69, 9.17) is 10.5 Å². The number of nitrogens with two attached hydrogens (primary N) is 1. The summed E-state index contributed by atoms with van der Waals surface area (Å²) in [5.74, 6) is 0.0975. The lowest BCUT2D eigenvalue weighted by atomic mass is 10.2. The molecule has 0 saturated carbocycles. The van der Waals surface area contributed by atoms with E-state index in [1.807, 2.05) is 18.2 Å². The Balaban J connectivity index is 2.52. The van der Waals surface area contributed by atoms with Crippen molar-refractivity contribution in [1.29, 1.82) is 0 Å². The molecule has 1 aromatic carbocycles. The molecular formula is C13H19N3O3. The molecule has 0 fully saturated rings. The Morgan fingerprint density at radius 1 is 1.37 bits per heavy atom. The smallest absolute Gasteiger partial charge is 0.260 e. The van der Waals surface area contributed by atoms with E-state index in [9.17, 15) is 9.59 Å². The van der Waals surface area contributed by atoms with Gasteiger partial charge in [0.05, 0.1) is 6.54 Å². The molecule has 0 heterocycles. The van der Waals surface area contributed by atoms with Crippen molar-refractivity contribution in [2.24, 2.45) is 5.73 Å². The molecule has 0 aromatic heterocycles. The molecule has 2 amide bonds. The van der Waals surface area contributed by atoms with Crippen molar-refractivity contribution in [3.63, 3.8) is 0 Å². The SMILES string of the molecule is CNC(=O)CN(C)C(=O)COc1ccccc1CN. The van der Waals surface area contributed by atoms with Gasteiger partial charge in [0.1, 0.15) is 5.75 Å². The average molecular weight is 265 g/mol. The Labute approximate surface area is 112 Å². The third-order valence-electron chi connectivity index (χ3n) is 2.63. The van der Waals surface area contributed by atoms with E-state index in [1.165, 1.54) is 11.9 Å². The maximum atomic E-state index is 11.8. The van der Waals surface area contributed by atoms with E-state index in [-0.39, 0.29) is 25.0 Å². The molecule has 1 rings (SSSR count). The van der Waals surface area contributed by atoms with Crippen LogP contribution in [0.3, 0.4) is 0 Å². The zero-order valence-corrected chi connectivity index (χ0v) is 11.2. The molecule has 1 aromatic rings. The van der Waals surface area contributed by atoms with Gasteiger partial charge in [-0.3, -0.25) is 9.59 Å². The van der Waals surface area contributed by atoms with E-state index >= 15 is 0 Å². The van der Waals surface area contributed by atoms with Gasteiger partial charge in [-0.25, -0.2) is 0 Å². The Bertz CT molecular complexity index is 449. The van der Waals surface area contributed by atoms with Crippen LogP contribution >= 0.6 is 0 Å². The Morgan fingerprint density at radius 3 is 2.68 bits per heavy atom. The number of likely N-dealkylation sites (N-methyl/N-ethyl adjacent to an activating group) is 2. The fraction of sp³-hybridized carbons (Fsp3) is 0.385. The first-order valence-electron chi connectivity index (χ1n) is 5.93. The van der Waals surface area contributed by atoms with Crippen molar-refractivity contribution < 1.29 is 14.3 Å².